The monoisotopic (exact) mass is 236 g/mol. The van der Waals surface area contributed by atoms with Crippen molar-refractivity contribution in [3.63, 3.8) is 0 Å². The largest absolute Gasteiger partial charge is 0.493 e. The zero-order valence-electron chi connectivity index (χ0n) is 9.88. The van der Waals surface area contributed by atoms with E-state index in [2.05, 4.69) is 10.2 Å². The Morgan fingerprint density at radius 1 is 1.35 bits per heavy atom. The van der Waals surface area contributed by atoms with E-state index in [1.165, 1.54) is 6.21 Å². The molecule has 92 valence electrons. The van der Waals surface area contributed by atoms with Crippen LogP contribution in [0.3, 0.4) is 0 Å². The Morgan fingerprint density at radius 2 is 2.12 bits per heavy atom. The number of hydrogen-bond donors (Lipinski definition) is 2. The summed E-state index contributed by atoms with van der Waals surface area (Å²) in [6.07, 6.45) is 1.53. The van der Waals surface area contributed by atoms with Gasteiger partial charge in [-0.25, -0.2) is 0 Å². The van der Waals surface area contributed by atoms with E-state index in [1.54, 1.807) is 19.2 Å². The van der Waals surface area contributed by atoms with Crippen molar-refractivity contribution in [3.8, 4) is 11.5 Å². The van der Waals surface area contributed by atoms with Gasteiger partial charge in [-0.3, -0.25) is 0 Å². The summed E-state index contributed by atoms with van der Waals surface area (Å²) in [5.41, 5.74) is 11.1. The molecule has 0 aliphatic heterocycles. The van der Waals surface area contributed by atoms with E-state index >= 15 is 0 Å². The maximum absolute atomic E-state index is 5.39. The summed E-state index contributed by atoms with van der Waals surface area (Å²) in [7, 11) is 1.58. The average Bonchev–Trinajstić information content (AvgIpc) is 2.30. The molecule has 0 aliphatic carbocycles. The minimum absolute atomic E-state index is 0.0841. The van der Waals surface area contributed by atoms with Gasteiger partial charge in [-0.1, -0.05) is 0 Å². The van der Waals surface area contributed by atoms with Gasteiger partial charge in [0.15, 0.2) is 11.5 Å². The predicted octanol–water partition coefficient (Wildman–Crippen LogP) is 0.701. The Balaban J connectivity index is 2.89. The van der Waals surface area contributed by atoms with Crippen molar-refractivity contribution in [1.82, 2.24) is 0 Å². The summed E-state index contributed by atoms with van der Waals surface area (Å²) in [4.78, 5) is 0. The van der Waals surface area contributed by atoms with Crippen LogP contribution in [0.15, 0.2) is 28.4 Å². The van der Waals surface area contributed by atoms with Crippen LogP contribution in [0, 0.1) is 0 Å². The van der Waals surface area contributed by atoms with Crippen LogP contribution >= 0.6 is 0 Å². The third-order valence-electron chi connectivity index (χ3n) is 1.87. The maximum atomic E-state index is 5.39. The van der Waals surface area contributed by atoms with E-state index in [4.69, 9.17) is 20.9 Å². The number of guanidine groups is 1. The molecule has 6 heteroatoms. The zero-order chi connectivity index (χ0) is 12.7. The molecule has 0 bridgehead atoms. The van der Waals surface area contributed by atoms with Crippen LogP contribution in [-0.2, 0) is 0 Å². The van der Waals surface area contributed by atoms with Crippen molar-refractivity contribution >= 4 is 12.2 Å². The molecule has 0 saturated heterocycles. The summed E-state index contributed by atoms with van der Waals surface area (Å²) < 4.78 is 10.6. The Kier molecular flexibility index (Phi) is 4.80. The standard InChI is InChI=1S/C11H16N4O2/c1-3-17-9-5-4-8(6-10(9)16-2)7-14-15-11(12)13/h4-7H,3H2,1-2H3,(H4,12,13,15)/b14-7+. The molecule has 4 N–H and O–H groups in total. The molecule has 0 saturated carbocycles. The van der Waals surface area contributed by atoms with Crippen molar-refractivity contribution in [2.75, 3.05) is 13.7 Å². The molecule has 0 aliphatic rings. The second-order valence-electron chi connectivity index (χ2n) is 3.11. The summed E-state index contributed by atoms with van der Waals surface area (Å²) in [5.74, 6) is 1.24. The van der Waals surface area contributed by atoms with Crippen LogP contribution in [-0.4, -0.2) is 25.9 Å². The Morgan fingerprint density at radius 3 is 2.71 bits per heavy atom. The molecule has 0 fully saturated rings. The van der Waals surface area contributed by atoms with E-state index in [1.807, 2.05) is 13.0 Å². The summed E-state index contributed by atoms with van der Waals surface area (Å²) in [6, 6.07) is 5.43. The summed E-state index contributed by atoms with van der Waals surface area (Å²) in [6.45, 7) is 2.49. The number of rotatable bonds is 5. The average molecular weight is 236 g/mol. The van der Waals surface area contributed by atoms with E-state index < -0.39 is 0 Å². The maximum Gasteiger partial charge on any atom is 0.211 e. The fourth-order valence-electron chi connectivity index (χ4n) is 1.20. The van der Waals surface area contributed by atoms with Crippen molar-refractivity contribution in [2.45, 2.75) is 6.92 Å². The molecule has 1 rings (SSSR count). The number of nitrogens with two attached hydrogens (primary N) is 2. The molecule has 0 atom stereocenters. The number of methoxy groups -OCH3 is 1. The SMILES string of the molecule is CCOc1ccc(/C=N/N=C(N)N)cc1OC. The van der Waals surface area contributed by atoms with Gasteiger partial charge in [-0.05, 0) is 30.7 Å². The minimum Gasteiger partial charge on any atom is -0.493 e. The third kappa shape index (κ3) is 4.02. The van der Waals surface area contributed by atoms with Gasteiger partial charge in [-0.2, -0.15) is 5.10 Å². The molecule has 1 aromatic rings. The second kappa shape index (κ2) is 6.37. The van der Waals surface area contributed by atoms with Gasteiger partial charge in [0.25, 0.3) is 0 Å². The number of benzene rings is 1. The van der Waals surface area contributed by atoms with E-state index in [9.17, 15) is 0 Å². The normalized spacial score (nSPS) is 10.2. The molecular formula is C11H16N4O2. The zero-order valence-corrected chi connectivity index (χ0v) is 9.88. The van der Waals surface area contributed by atoms with Crippen LogP contribution in [0.4, 0.5) is 0 Å². The molecule has 1 aromatic carbocycles. The van der Waals surface area contributed by atoms with Crippen molar-refractivity contribution in [2.24, 2.45) is 21.7 Å². The highest BCUT2D eigenvalue weighted by molar-refractivity contribution is 5.82. The highest BCUT2D eigenvalue weighted by atomic mass is 16.5. The van der Waals surface area contributed by atoms with Crippen molar-refractivity contribution < 1.29 is 9.47 Å². The van der Waals surface area contributed by atoms with Gasteiger partial charge in [0, 0.05) is 0 Å². The first-order chi connectivity index (χ1) is 8.17. The first-order valence-corrected chi connectivity index (χ1v) is 5.10. The van der Waals surface area contributed by atoms with E-state index in [-0.39, 0.29) is 5.96 Å². The quantitative estimate of drug-likeness (QED) is 0.447. The lowest BCUT2D eigenvalue weighted by atomic mass is 10.2. The van der Waals surface area contributed by atoms with Gasteiger partial charge < -0.3 is 20.9 Å². The van der Waals surface area contributed by atoms with Crippen molar-refractivity contribution in [1.29, 1.82) is 0 Å². The third-order valence-corrected chi connectivity index (χ3v) is 1.87. The minimum atomic E-state index is -0.0841. The van der Waals surface area contributed by atoms with Crippen LogP contribution in [0.1, 0.15) is 12.5 Å². The molecule has 0 heterocycles. The molecule has 0 amide bonds. The lowest BCUT2D eigenvalue weighted by Crippen LogP contribution is -2.21. The van der Waals surface area contributed by atoms with Gasteiger partial charge in [0.2, 0.25) is 5.96 Å². The first-order valence-electron chi connectivity index (χ1n) is 5.10. The van der Waals surface area contributed by atoms with E-state index in [0.717, 1.165) is 5.56 Å². The van der Waals surface area contributed by atoms with Gasteiger partial charge in [0.05, 0.1) is 19.9 Å². The summed E-state index contributed by atoms with van der Waals surface area (Å²) >= 11 is 0. The van der Waals surface area contributed by atoms with Gasteiger partial charge in [0.1, 0.15) is 0 Å². The fraction of sp³-hybridized carbons (Fsp3) is 0.273. The molecule has 0 aromatic heterocycles. The Bertz CT molecular complexity index is 425. The van der Waals surface area contributed by atoms with Gasteiger partial charge in [-0.15, -0.1) is 5.10 Å². The Hall–Kier alpha value is -2.24. The molecule has 17 heavy (non-hydrogen) atoms. The highest BCUT2D eigenvalue weighted by Gasteiger charge is 2.03. The van der Waals surface area contributed by atoms with E-state index in [0.29, 0.717) is 18.1 Å². The van der Waals surface area contributed by atoms with Crippen molar-refractivity contribution in [3.05, 3.63) is 23.8 Å². The smallest absolute Gasteiger partial charge is 0.211 e. The van der Waals surface area contributed by atoms with Crippen LogP contribution in [0.2, 0.25) is 0 Å². The lowest BCUT2D eigenvalue weighted by Gasteiger charge is -2.09. The number of hydrogen-bond acceptors (Lipinski definition) is 4. The van der Waals surface area contributed by atoms with Crippen LogP contribution in [0.25, 0.3) is 0 Å². The lowest BCUT2D eigenvalue weighted by molar-refractivity contribution is 0.311. The predicted molar refractivity (Wildman–Crippen MR) is 67.6 cm³/mol. The molecule has 0 spiro atoms. The second-order valence-corrected chi connectivity index (χ2v) is 3.11. The topological polar surface area (TPSA) is 95.2 Å². The first kappa shape index (κ1) is 12.8. The Labute approximate surface area is 99.9 Å². The highest BCUT2D eigenvalue weighted by Crippen LogP contribution is 2.27. The number of nitrogens with zero attached hydrogens (tertiary/aromatic N) is 2. The summed E-state index contributed by atoms with van der Waals surface area (Å²) in [5, 5.41) is 7.21. The molecule has 6 nitrogen and oxygen atoms in total. The number of ether oxygens (including phenoxy) is 2. The molecule has 0 radical (unpaired) electrons. The molecular weight excluding hydrogens is 220 g/mol. The molecule has 0 unspecified atom stereocenters. The van der Waals surface area contributed by atoms with Gasteiger partial charge >= 0.3 is 0 Å². The van der Waals surface area contributed by atoms with Crippen LogP contribution in [0.5, 0.6) is 11.5 Å². The van der Waals surface area contributed by atoms with Crippen LogP contribution < -0.4 is 20.9 Å². The fourth-order valence-corrected chi connectivity index (χ4v) is 1.20.